The monoisotopic (exact) mass is 1240 g/mol. The zero-order valence-electron chi connectivity index (χ0n) is 46.5. The van der Waals surface area contributed by atoms with Crippen LogP contribution in [-0.2, 0) is 72.7 Å². The number of hydrogen-bond acceptors (Lipinski definition) is 33. The van der Waals surface area contributed by atoms with E-state index in [0.717, 1.165) is 4.90 Å². The Bertz CT molecular complexity index is 2520. The van der Waals surface area contributed by atoms with Crippen molar-refractivity contribution < 1.29 is 125 Å². The molecule has 40 heteroatoms. The number of esters is 3. The van der Waals surface area contributed by atoms with Crippen LogP contribution in [0.5, 0.6) is 0 Å². The molecule has 0 fully saturated rings. The SMILES string of the molecule is CN(CC(O)CO)CC(O)Cn1c(=O)n(CC(O)CN(C)CC(O)CO)c(=O)n(CC(O)CN(C)C(=O)C(O)CO)c1=O.O=C(OCC(O)Cn1c(=O)n(CC(O)COC(=O)C(O)CO)c(=O)n(CC(O)COC(=O)C(O)CO)c1=O)C(O)CO. The normalized spacial score (nSPS) is 15.9. The number of rotatable bonds is 38. The van der Waals surface area contributed by atoms with E-state index in [-0.39, 0.29) is 39.9 Å². The van der Waals surface area contributed by atoms with Crippen molar-refractivity contribution in [2.75, 3.05) is 113 Å². The Hall–Kier alpha value is -6.10. The minimum absolute atomic E-state index is 0.0414. The fourth-order valence-corrected chi connectivity index (χ4v) is 7.39. The van der Waals surface area contributed by atoms with Gasteiger partial charge in [-0.15, -0.1) is 0 Å². The van der Waals surface area contributed by atoms with Crippen molar-refractivity contribution in [3.05, 3.63) is 62.9 Å². The lowest BCUT2D eigenvalue weighted by Gasteiger charge is -2.25. The quantitative estimate of drug-likeness (QED) is 0.0219. The second-order valence-corrected chi connectivity index (χ2v) is 19.3. The average molecular weight is 1240 g/mol. The number of amides is 1. The molecule has 0 aliphatic carbocycles. The topological polar surface area (TPSA) is 602 Å². The number of aromatic nitrogens is 6. The van der Waals surface area contributed by atoms with Gasteiger partial charge in [-0.3, -0.25) is 4.79 Å². The molecular formula is C45H79N9O31. The first-order valence-corrected chi connectivity index (χ1v) is 25.6. The van der Waals surface area contributed by atoms with Crippen LogP contribution in [0.3, 0.4) is 0 Å². The van der Waals surface area contributed by atoms with Gasteiger partial charge >= 0.3 is 52.0 Å². The molecule has 18 N–H and O–H groups in total. The minimum Gasteiger partial charge on any atom is -0.461 e. The number of carbonyl (C=O) groups is 4. The average Bonchev–Trinajstić information content (AvgIpc) is 2.07. The molecule has 0 aliphatic rings. The van der Waals surface area contributed by atoms with Crippen LogP contribution in [0.2, 0.25) is 0 Å². The Labute approximate surface area is 479 Å². The molecule has 0 bridgehead atoms. The summed E-state index contributed by atoms with van der Waals surface area (Å²) in [5.41, 5.74) is -7.89. The van der Waals surface area contributed by atoms with Crippen molar-refractivity contribution in [1.82, 2.24) is 42.1 Å². The van der Waals surface area contributed by atoms with Gasteiger partial charge in [0.05, 0.1) is 109 Å². The highest BCUT2D eigenvalue weighted by atomic mass is 16.6. The van der Waals surface area contributed by atoms with Crippen LogP contribution in [0.4, 0.5) is 0 Å². The van der Waals surface area contributed by atoms with E-state index in [9.17, 15) is 109 Å². The lowest BCUT2D eigenvalue weighted by molar-refractivity contribution is -0.159. The summed E-state index contributed by atoms with van der Waals surface area (Å²) in [4.78, 5) is 129. The summed E-state index contributed by atoms with van der Waals surface area (Å²) in [6.45, 7) is -13.4. The lowest BCUT2D eigenvalue weighted by Crippen LogP contribution is -2.58. The summed E-state index contributed by atoms with van der Waals surface area (Å²) in [6, 6.07) is 0. The summed E-state index contributed by atoms with van der Waals surface area (Å²) >= 11 is 0. The maximum absolute atomic E-state index is 13.3. The third-order valence-electron chi connectivity index (χ3n) is 11.5. The number of hydrogen-bond donors (Lipinski definition) is 18. The molecule has 0 spiro atoms. The van der Waals surface area contributed by atoms with Gasteiger partial charge in [0.1, 0.15) is 38.1 Å². The van der Waals surface area contributed by atoms with Crippen LogP contribution >= 0.6 is 0 Å². The molecule has 490 valence electrons. The highest BCUT2D eigenvalue weighted by molar-refractivity contribution is 5.80. The van der Waals surface area contributed by atoms with Crippen LogP contribution in [0.1, 0.15) is 0 Å². The van der Waals surface area contributed by atoms with Crippen LogP contribution in [0.15, 0.2) is 28.8 Å². The van der Waals surface area contributed by atoms with E-state index >= 15 is 0 Å². The number of carbonyl (C=O) groups excluding carboxylic acids is 4. The van der Waals surface area contributed by atoms with Gasteiger partial charge in [0.25, 0.3) is 5.91 Å². The van der Waals surface area contributed by atoms with Crippen molar-refractivity contribution >= 4 is 23.8 Å². The molecule has 0 aliphatic heterocycles. The third-order valence-corrected chi connectivity index (χ3v) is 11.5. The van der Waals surface area contributed by atoms with Gasteiger partial charge in [-0.2, -0.15) is 0 Å². The summed E-state index contributed by atoms with van der Waals surface area (Å²) in [7, 11) is 4.21. The summed E-state index contributed by atoms with van der Waals surface area (Å²) < 4.78 is 15.9. The molecule has 2 aromatic rings. The first kappa shape index (κ1) is 76.9. The van der Waals surface area contributed by atoms with E-state index in [0.29, 0.717) is 13.7 Å². The van der Waals surface area contributed by atoms with E-state index < -0.39 is 236 Å². The maximum atomic E-state index is 13.3. The molecule has 2 rings (SSSR count). The molecule has 85 heavy (non-hydrogen) atoms. The van der Waals surface area contributed by atoms with E-state index in [1.807, 2.05) is 0 Å². The Morgan fingerprint density at radius 1 is 0.329 bits per heavy atom. The van der Waals surface area contributed by atoms with Crippen LogP contribution in [0.25, 0.3) is 0 Å². The van der Waals surface area contributed by atoms with Crippen molar-refractivity contribution in [3.8, 4) is 0 Å². The van der Waals surface area contributed by atoms with Gasteiger partial charge in [-0.05, 0) is 14.1 Å². The Balaban J connectivity index is 0.000000850. The summed E-state index contributed by atoms with van der Waals surface area (Å²) in [6.07, 6.45) is -19.6. The van der Waals surface area contributed by atoms with Gasteiger partial charge in [0, 0.05) is 39.8 Å². The van der Waals surface area contributed by atoms with Gasteiger partial charge in [0.2, 0.25) is 0 Å². The molecule has 40 nitrogen and oxygen atoms in total. The predicted octanol–water partition coefficient (Wildman–Crippen LogP) is -17.4. The van der Waals surface area contributed by atoms with Crippen molar-refractivity contribution in [3.63, 3.8) is 0 Å². The molecule has 0 saturated carbocycles. The summed E-state index contributed by atoms with van der Waals surface area (Å²) in [5.74, 6) is -4.98. The van der Waals surface area contributed by atoms with E-state index in [1.165, 1.54) is 30.9 Å². The van der Waals surface area contributed by atoms with Gasteiger partial charge in [-0.1, -0.05) is 0 Å². The van der Waals surface area contributed by atoms with Crippen molar-refractivity contribution in [2.45, 2.75) is 113 Å². The van der Waals surface area contributed by atoms with Gasteiger partial charge in [0.15, 0.2) is 24.4 Å². The molecule has 0 radical (unpaired) electrons. The third kappa shape index (κ3) is 25.4. The number of nitrogens with zero attached hydrogens (tertiary/aromatic N) is 9. The van der Waals surface area contributed by atoms with E-state index in [2.05, 4.69) is 14.2 Å². The molecule has 2 heterocycles. The van der Waals surface area contributed by atoms with Gasteiger partial charge < -0.3 is 121 Å². The second kappa shape index (κ2) is 38.1. The number of aliphatic hydroxyl groups is 18. The zero-order valence-corrected chi connectivity index (χ0v) is 46.5. The standard InChI is InChI=1S/C24H46N6O13.C21H33N3O18/c1-25(6-18(37)12-31)4-15(34)9-28-22(41)29(10-16(35)5-26(2)7-19(38)13-32)24(43)30(23(28)42)11-17(36)8-27(3)21(40)20(39)14-33;25-4-13(31)16(34)40-7-10(28)1-22-19(37)23(2-11(29)8-41-17(35)14(32)5-26)21(39)24(20(22)38)3-12(30)9-42-18(36)15(33)6-27/h15-20,31-39H,4-14H2,1-3H3;10-15,25-33H,1-9H2. The fourth-order valence-electron chi connectivity index (χ4n) is 7.39. The second-order valence-electron chi connectivity index (χ2n) is 19.3. The molecule has 1 amide bonds. The van der Waals surface area contributed by atoms with Crippen molar-refractivity contribution in [2.24, 2.45) is 0 Å². The number of likely N-dealkylation sites (N-methyl/N-ethyl adjacent to an activating group) is 3. The number of aliphatic hydroxyl groups excluding tert-OH is 18. The Kier molecular flexibility index (Phi) is 34.5. The largest absolute Gasteiger partial charge is 0.461 e. The predicted molar refractivity (Wildman–Crippen MR) is 279 cm³/mol. The highest BCUT2D eigenvalue weighted by Crippen LogP contribution is 2.02. The van der Waals surface area contributed by atoms with E-state index in [1.54, 1.807) is 0 Å². The van der Waals surface area contributed by atoms with Crippen LogP contribution < -0.4 is 34.1 Å². The van der Waals surface area contributed by atoms with Crippen LogP contribution in [0, 0.1) is 0 Å². The minimum atomic E-state index is -1.94. The smallest absolute Gasteiger partial charge is 0.337 e. The highest BCUT2D eigenvalue weighted by Gasteiger charge is 2.28. The van der Waals surface area contributed by atoms with Crippen LogP contribution in [-0.4, -0.2) is 344 Å². The van der Waals surface area contributed by atoms with E-state index in [4.69, 9.17) is 30.6 Å². The first-order chi connectivity index (χ1) is 39.7. The molecular weight excluding hydrogens is 1160 g/mol. The summed E-state index contributed by atoms with van der Waals surface area (Å²) in [5, 5.41) is 172. The first-order valence-electron chi connectivity index (χ1n) is 25.6. The Morgan fingerprint density at radius 3 is 0.765 bits per heavy atom. The lowest BCUT2D eigenvalue weighted by atomic mass is 10.2. The molecule has 0 saturated heterocycles. The molecule has 12 unspecified atom stereocenters. The molecule has 2 aromatic heterocycles. The van der Waals surface area contributed by atoms with Gasteiger partial charge in [-0.25, -0.2) is 70.6 Å². The van der Waals surface area contributed by atoms with Crippen molar-refractivity contribution in [1.29, 1.82) is 0 Å². The zero-order chi connectivity index (χ0) is 65.2. The fraction of sp³-hybridized carbons (Fsp3) is 0.778. The molecule has 0 aromatic carbocycles. The maximum Gasteiger partial charge on any atom is 0.337 e. The Morgan fingerprint density at radius 2 is 0.541 bits per heavy atom. The molecule has 12 atom stereocenters. The number of ether oxygens (including phenoxy) is 3.